The maximum Gasteiger partial charge on any atom is 0.185 e. The first kappa shape index (κ1) is 13.2. The number of ketones is 1. The van der Waals surface area contributed by atoms with Crippen molar-refractivity contribution in [1.29, 1.82) is 5.26 Å². The smallest absolute Gasteiger partial charge is 0.185 e. The van der Waals surface area contributed by atoms with Crippen LogP contribution in [0.25, 0.3) is 0 Å². The maximum absolute atomic E-state index is 12.3. The molecule has 2 aromatic rings. The number of halogens is 1. The fraction of sp³-hybridized carbons (Fsp3) is 0.143. The molecule has 0 aliphatic rings. The van der Waals surface area contributed by atoms with E-state index in [1.54, 1.807) is 0 Å². The number of nitriles is 1. The second-order valence-corrected chi connectivity index (χ2v) is 6.78. The number of carbonyl (C=O) groups excluding carboxylic acids is 1. The third kappa shape index (κ3) is 2.79. The van der Waals surface area contributed by atoms with E-state index in [2.05, 4.69) is 28.7 Å². The van der Waals surface area contributed by atoms with Gasteiger partial charge < -0.3 is 0 Å². The zero-order valence-corrected chi connectivity index (χ0v) is 12.7. The Morgan fingerprint density at radius 2 is 2.06 bits per heavy atom. The van der Waals surface area contributed by atoms with Crippen molar-refractivity contribution in [1.82, 2.24) is 0 Å². The van der Waals surface area contributed by atoms with E-state index in [9.17, 15) is 10.1 Å². The summed E-state index contributed by atoms with van der Waals surface area (Å²) in [4.78, 5) is 12.3. The van der Waals surface area contributed by atoms with Crippen LogP contribution >= 0.6 is 33.9 Å². The molecule has 0 N–H and O–H groups in total. The molecule has 1 aromatic carbocycles. The summed E-state index contributed by atoms with van der Waals surface area (Å²) >= 11 is 3.69. The van der Waals surface area contributed by atoms with Crippen molar-refractivity contribution in [3.8, 4) is 6.07 Å². The fourth-order valence-corrected chi connectivity index (χ4v) is 2.99. The highest BCUT2D eigenvalue weighted by atomic mass is 127. The number of carbonyl (C=O) groups is 1. The van der Waals surface area contributed by atoms with Crippen LogP contribution in [0, 0.1) is 21.1 Å². The van der Waals surface area contributed by atoms with Gasteiger partial charge in [-0.2, -0.15) is 5.26 Å². The van der Waals surface area contributed by atoms with Crippen LogP contribution in [0.2, 0.25) is 0 Å². The molecule has 0 saturated heterocycles. The molecule has 0 radical (unpaired) electrons. The molecule has 2 rings (SSSR count). The summed E-state index contributed by atoms with van der Waals surface area (Å²) in [5.41, 5.74) is 2.50. The number of benzene rings is 1. The summed E-state index contributed by atoms with van der Waals surface area (Å²) < 4.78 is 1.05. The monoisotopic (exact) mass is 367 g/mol. The lowest BCUT2D eigenvalue weighted by Gasteiger charge is -2.07. The van der Waals surface area contributed by atoms with Crippen LogP contribution in [0.15, 0.2) is 35.7 Å². The van der Waals surface area contributed by atoms with Gasteiger partial charge in [0.25, 0.3) is 0 Å². The van der Waals surface area contributed by atoms with Gasteiger partial charge in [0.05, 0.1) is 8.95 Å². The highest BCUT2D eigenvalue weighted by molar-refractivity contribution is 14.1. The van der Waals surface area contributed by atoms with Crippen LogP contribution in [0.3, 0.4) is 0 Å². The van der Waals surface area contributed by atoms with Gasteiger partial charge in [-0.3, -0.25) is 4.79 Å². The van der Waals surface area contributed by atoms with Gasteiger partial charge in [-0.05, 0) is 41.1 Å². The fourth-order valence-electron chi connectivity index (χ4n) is 1.65. The molecule has 4 heteroatoms. The van der Waals surface area contributed by atoms with E-state index >= 15 is 0 Å². The lowest BCUT2D eigenvalue weighted by molar-refractivity contribution is 0.0979. The quantitative estimate of drug-likeness (QED) is 0.604. The number of aryl methyl sites for hydroxylation is 1. The van der Waals surface area contributed by atoms with Crippen LogP contribution < -0.4 is 0 Å². The van der Waals surface area contributed by atoms with Gasteiger partial charge >= 0.3 is 0 Å². The second-order valence-electron chi connectivity index (χ2n) is 3.98. The standard InChI is InChI=1S/C14H10INOS/c1-9-2-4-10(5-3-9)12(7-16)14(17)11-6-13(15)18-8-11/h2-6,8,12H,1H3. The first-order chi connectivity index (χ1) is 8.61. The Balaban J connectivity index is 2.32. The molecule has 1 atom stereocenters. The molecule has 0 bridgehead atoms. The van der Waals surface area contributed by atoms with Gasteiger partial charge in [0, 0.05) is 10.9 Å². The van der Waals surface area contributed by atoms with Gasteiger partial charge in [-0.25, -0.2) is 0 Å². The first-order valence-corrected chi connectivity index (χ1v) is 7.32. The van der Waals surface area contributed by atoms with Crippen molar-refractivity contribution in [3.63, 3.8) is 0 Å². The van der Waals surface area contributed by atoms with Gasteiger partial charge in [0.1, 0.15) is 5.92 Å². The third-order valence-electron chi connectivity index (χ3n) is 2.65. The highest BCUT2D eigenvalue weighted by Crippen LogP contribution is 2.24. The summed E-state index contributed by atoms with van der Waals surface area (Å²) in [5.74, 6) is -0.837. The van der Waals surface area contributed by atoms with Crippen molar-refractivity contribution in [2.24, 2.45) is 0 Å². The molecular weight excluding hydrogens is 357 g/mol. The van der Waals surface area contributed by atoms with E-state index in [-0.39, 0.29) is 5.78 Å². The molecule has 0 amide bonds. The maximum atomic E-state index is 12.3. The first-order valence-electron chi connectivity index (χ1n) is 5.36. The number of rotatable bonds is 3. The van der Waals surface area contributed by atoms with E-state index in [1.807, 2.05) is 42.6 Å². The third-order valence-corrected chi connectivity index (χ3v) is 4.44. The lowest BCUT2D eigenvalue weighted by Crippen LogP contribution is -2.10. The molecule has 0 aliphatic carbocycles. The van der Waals surface area contributed by atoms with Crippen molar-refractivity contribution in [3.05, 3.63) is 55.3 Å². The lowest BCUT2D eigenvalue weighted by atomic mass is 9.92. The van der Waals surface area contributed by atoms with Crippen LogP contribution in [0.1, 0.15) is 27.4 Å². The molecule has 2 nitrogen and oxygen atoms in total. The van der Waals surface area contributed by atoms with Crippen LogP contribution in [0.4, 0.5) is 0 Å². The predicted molar refractivity (Wildman–Crippen MR) is 80.9 cm³/mol. The molecule has 1 aromatic heterocycles. The van der Waals surface area contributed by atoms with Gasteiger partial charge in [-0.15, -0.1) is 11.3 Å². The molecule has 0 saturated carbocycles. The molecular formula is C14H10INOS. The molecule has 1 unspecified atom stereocenters. The molecule has 90 valence electrons. The topological polar surface area (TPSA) is 40.9 Å². The normalized spacial score (nSPS) is 11.8. The minimum Gasteiger partial charge on any atom is -0.292 e. The van der Waals surface area contributed by atoms with E-state index in [0.29, 0.717) is 5.56 Å². The Morgan fingerprint density at radius 3 is 2.56 bits per heavy atom. The Labute approximate surface area is 123 Å². The SMILES string of the molecule is Cc1ccc(C(C#N)C(=O)c2csc(I)c2)cc1. The van der Waals surface area contributed by atoms with E-state index < -0.39 is 5.92 Å². The molecule has 18 heavy (non-hydrogen) atoms. The Kier molecular flexibility index (Phi) is 4.15. The summed E-state index contributed by atoms with van der Waals surface area (Å²) in [6, 6.07) is 11.5. The second kappa shape index (κ2) is 5.63. The summed E-state index contributed by atoms with van der Waals surface area (Å²) in [5, 5.41) is 11.0. The number of hydrogen-bond donors (Lipinski definition) is 0. The van der Waals surface area contributed by atoms with E-state index in [0.717, 1.165) is 14.0 Å². The van der Waals surface area contributed by atoms with Crippen molar-refractivity contribution in [2.75, 3.05) is 0 Å². The van der Waals surface area contributed by atoms with Gasteiger partial charge in [0.15, 0.2) is 5.78 Å². The predicted octanol–water partition coefficient (Wildman–Crippen LogP) is 4.15. The zero-order chi connectivity index (χ0) is 13.1. The van der Waals surface area contributed by atoms with Gasteiger partial charge in [-0.1, -0.05) is 29.8 Å². The number of thiophene rings is 1. The average molecular weight is 367 g/mol. The van der Waals surface area contributed by atoms with Crippen molar-refractivity contribution < 1.29 is 4.79 Å². The minimum absolute atomic E-state index is 0.125. The number of nitrogens with zero attached hydrogens (tertiary/aromatic N) is 1. The Hall–Kier alpha value is -1.19. The zero-order valence-electron chi connectivity index (χ0n) is 9.68. The number of hydrogen-bond acceptors (Lipinski definition) is 3. The van der Waals surface area contributed by atoms with E-state index in [1.165, 1.54) is 11.3 Å². The summed E-state index contributed by atoms with van der Waals surface area (Å²) in [6.07, 6.45) is 0. The van der Waals surface area contributed by atoms with Crippen molar-refractivity contribution >= 4 is 39.7 Å². The van der Waals surface area contributed by atoms with Crippen LogP contribution in [-0.4, -0.2) is 5.78 Å². The average Bonchev–Trinajstić information content (AvgIpc) is 2.79. The molecule has 1 heterocycles. The molecule has 0 aliphatic heterocycles. The Morgan fingerprint density at radius 1 is 1.39 bits per heavy atom. The summed E-state index contributed by atoms with van der Waals surface area (Å²) in [7, 11) is 0. The minimum atomic E-state index is -0.712. The van der Waals surface area contributed by atoms with Crippen molar-refractivity contribution in [2.45, 2.75) is 12.8 Å². The Bertz CT molecular complexity index is 609. The van der Waals surface area contributed by atoms with Gasteiger partial charge in [0.2, 0.25) is 0 Å². The van der Waals surface area contributed by atoms with Crippen LogP contribution in [-0.2, 0) is 0 Å². The molecule has 0 spiro atoms. The molecule has 0 fully saturated rings. The highest BCUT2D eigenvalue weighted by Gasteiger charge is 2.22. The largest absolute Gasteiger partial charge is 0.292 e. The summed E-state index contributed by atoms with van der Waals surface area (Å²) in [6.45, 7) is 1.98. The van der Waals surface area contributed by atoms with E-state index in [4.69, 9.17) is 0 Å². The van der Waals surface area contributed by atoms with Crippen LogP contribution in [0.5, 0.6) is 0 Å². The number of Topliss-reactive ketones (excluding diaryl/α,β-unsaturated/α-hetero) is 1.